The third-order valence-corrected chi connectivity index (χ3v) is 2.95. The molecule has 1 amide bonds. The number of esters is 1. The normalized spacial score (nSPS) is 18.8. The maximum atomic E-state index is 11.7. The molecule has 0 aromatic heterocycles. The highest BCUT2D eigenvalue weighted by molar-refractivity contribution is 7.80. The van der Waals surface area contributed by atoms with Crippen molar-refractivity contribution in [1.29, 1.82) is 0 Å². The number of amides is 1. The molecule has 0 aromatic rings. The summed E-state index contributed by atoms with van der Waals surface area (Å²) in [5.41, 5.74) is 4.75. The third-order valence-electron chi connectivity index (χ3n) is 2.56. The van der Waals surface area contributed by atoms with Crippen LogP contribution in [0.3, 0.4) is 0 Å². The number of carbonyl (C=O) groups excluding carboxylic acids is 2. The molecule has 1 aliphatic carbocycles. The van der Waals surface area contributed by atoms with Gasteiger partial charge < -0.3 is 15.8 Å². The van der Waals surface area contributed by atoms with Crippen LogP contribution in [0.1, 0.15) is 19.8 Å². The topological polar surface area (TPSA) is 81.4 Å². The minimum atomic E-state index is -0.725. The standard InChI is InChI=1S/C9H14N2O3S/c1-5(6(12)14-2)11-8(13)9(3-4-9)7(10)15/h5H,3-4H2,1-2H3,(H2,10,15)(H,11,13). The molecule has 0 aromatic carbocycles. The van der Waals surface area contributed by atoms with Gasteiger partial charge in [0.25, 0.3) is 0 Å². The van der Waals surface area contributed by atoms with Crippen LogP contribution in [0, 0.1) is 5.41 Å². The Kier molecular flexibility index (Phi) is 3.28. The maximum absolute atomic E-state index is 11.7. The van der Waals surface area contributed by atoms with E-state index in [1.807, 2.05) is 0 Å². The molecule has 84 valence electrons. The molecule has 0 radical (unpaired) electrons. The van der Waals surface area contributed by atoms with E-state index in [-0.39, 0.29) is 10.9 Å². The number of nitrogens with two attached hydrogens (primary N) is 1. The minimum absolute atomic E-state index is 0.192. The van der Waals surface area contributed by atoms with Crippen LogP contribution >= 0.6 is 12.2 Å². The smallest absolute Gasteiger partial charge is 0.328 e. The van der Waals surface area contributed by atoms with E-state index in [2.05, 4.69) is 10.1 Å². The van der Waals surface area contributed by atoms with Gasteiger partial charge in [0, 0.05) is 0 Å². The minimum Gasteiger partial charge on any atom is -0.467 e. The van der Waals surface area contributed by atoms with E-state index in [0.29, 0.717) is 12.8 Å². The molecule has 15 heavy (non-hydrogen) atoms. The van der Waals surface area contributed by atoms with E-state index in [1.54, 1.807) is 6.92 Å². The maximum Gasteiger partial charge on any atom is 0.328 e. The second-order valence-electron chi connectivity index (χ2n) is 3.66. The molecule has 3 N–H and O–H groups in total. The summed E-state index contributed by atoms with van der Waals surface area (Å²) in [7, 11) is 1.27. The van der Waals surface area contributed by atoms with Crippen LogP contribution in [0.2, 0.25) is 0 Å². The van der Waals surface area contributed by atoms with Crippen molar-refractivity contribution in [1.82, 2.24) is 5.32 Å². The van der Waals surface area contributed by atoms with Crippen LogP contribution in [-0.4, -0.2) is 30.0 Å². The highest BCUT2D eigenvalue weighted by Crippen LogP contribution is 2.46. The summed E-state index contributed by atoms with van der Waals surface area (Å²) in [5, 5.41) is 2.53. The van der Waals surface area contributed by atoms with Crippen LogP contribution in [0.5, 0.6) is 0 Å². The Balaban J connectivity index is 2.57. The van der Waals surface area contributed by atoms with Crippen molar-refractivity contribution in [3.05, 3.63) is 0 Å². The van der Waals surface area contributed by atoms with Crippen molar-refractivity contribution >= 4 is 29.1 Å². The average molecular weight is 230 g/mol. The molecule has 6 heteroatoms. The summed E-state index contributed by atoms with van der Waals surface area (Å²) in [6, 6.07) is -0.672. The van der Waals surface area contributed by atoms with Gasteiger partial charge in [0.05, 0.1) is 17.5 Å². The van der Waals surface area contributed by atoms with Gasteiger partial charge in [-0.25, -0.2) is 4.79 Å². The van der Waals surface area contributed by atoms with Crippen molar-refractivity contribution < 1.29 is 14.3 Å². The monoisotopic (exact) mass is 230 g/mol. The van der Waals surface area contributed by atoms with Crippen LogP contribution in [0.15, 0.2) is 0 Å². The van der Waals surface area contributed by atoms with Gasteiger partial charge in [-0.2, -0.15) is 0 Å². The second-order valence-corrected chi connectivity index (χ2v) is 4.10. The van der Waals surface area contributed by atoms with Gasteiger partial charge in [-0.1, -0.05) is 12.2 Å². The lowest BCUT2D eigenvalue weighted by Gasteiger charge is -2.16. The highest BCUT2D eigenvalue weighted by atomic mass is 32.1. The molecule has 5 nitrogen and oxygen atoms in total. The number of carbonyl (C=O) groups is 2. The van der Waals surface area contributed by atoms with E-state index < -0.39 is 17.4 Å². The molecule has 0 spiro atoms. The average Bonchev–Trinajstić information content (AvgIpc) is 2.96. The fourth-order valence-corrected chi connectivity index (χ4v) is 1.58. The lowest BCUT2D eigenvalue weighted by atomic mass is 10.1. The van der Waals surface area contributed by atoms with Gasteiger partial charge in [-0.05, 0) is 19.8 Å². The SMILES string of the molecule is COC(=O)C(C)NC(=O)C1(C(N)=S)CC1. The Morgan fingerprint density at radius 3 is 2.40 bits per heavy atom. The molecule has 1 saturated carbocycles. The summed E-state index contributed by atoms with van der Waals surface area (Å²) in [5.74, 6) is -0.769. The zero-order valence-electron chi connectivity index (χ0n) is 8.70. The van der Waals surface area contributed by atoms with E-state index in [9.17, 15) is 9.59 Å². The zero-order valence-corrected chi connectivity index (χ0v) is 9.52. The van der Waals surface area contributed by atoms with E-state index >= 15 is 0 Å². The fourth-order valence-electron chi connectivity index (χ4n) is 1.28. The molecule has 0 heterocycles. The largest absolute Gasteiger partial charge is 0.467 e. The quantitative estimate of drug-likeness (QED) is 0.513. The molecule has 1 fully saturated rings. The van der Waals surface area contributed by atoms with Crippen LogP contribution in [-0.2, 0) is 14.3 Å². The molecule has 0 bridgehead atoms. The summed E-state index contributed by atoms with van der Waals surface area (Å²) < 4.78 is 4.49. The van der Waals surface area contributed by atoms with Crippen molar-refractivity contribution in [3.63, 3.8) is 0 Å². The van der Waals surface area contributed by atoms with Gasteiger partial charge in [0.2, 0.25) is 5.91 Å². The number of nitrogens with one attached hydrogen (secondary N) is 1. The van der Waals surface area contributed by atoms with E-state index in [4.69, 9.17) is 18.0 Å². The summed E-state index contributed by atoms with van der Waals surface area (Å²) >= 11 is 4.82. The Morgan fingerprint density at radius 2 is 2.07 bits per heavy atom. The molecular formula is C9H14N2O3S. The molecule has 0 aliphatic heterocycles. The second kappa shape index (κ2) is 4.14. The predicted molar refractivity (Wildman–Crippen MR) is 58.1 cm³/mol. The predicted octanol–water partition coefficient (Wildman–Crippen LogP) is -0.270. The first-order valence-corrected chi connectivity index (χ1v) is 5.03. The summed E-state index contributed by atoms with van der Waals surface area (Å²) in [6.45, 7) is 1.55. The molecular weight excluding hydrogens is 216 g/mol. The Bertz CT molecular complexity index is 312. The van der Waals surface area contributed by atoms with Gasteiger partial charge >= 0.3 is 5.97 Å². The number of hydrogen-bond donors (Lipinski definition) is 2. The Morgan fingerprint density at radius 1 is 1.53 bits per heavy atom. The van der Waals surface area contributed by atoms with Crippen LogP contribution in [0.4, 0.5) is 0 Å². The number of thiocarbonyl (C=S) groups is 1. The van der Waals surface area contributed by atoms with E-state index in [0.717, 1.165) is 0 Å². The van der Waals surface area contributed by atoms with Gasteiger partial charge in [-0.3, -0.25) is 4.79 Å². The Hall–Kier alpha value is -1.17. The van der Waals surface area contributed by atoms with Gasteiger partial charge in [0.15, 0.2) is 0 Å². The first-order chi connectivity index (χ1) is 6.94. The van der Waals surface area contributed by atoms with Crippen molar-refractivity contribution in [3.8, 4) is 0 Å². The van der Waals surface area contributed by atoms with Crippen molar-refractivity contribution in [2.24, 2.45) is 11.1 Å². The molecule has 1 unspecified atom stereocenters. The van der Waals surface area contributed by atoms with E-state index in [1.165, 1.54) is 7.11 Å². The number of methoxy groups -OCH3 is 1. The first kappa shape index (κ1) is 11.9. The molecule has 1 aliphatic rings. The first-order valence-electron chi connectivity index (χ1n) is 4.63. The van der Waals surface area contributed by atoms with Gasteiger partial charge in [0.1, 0.15) is 6.04 Å². The third kappa shape index (κ3) is 2.26. The molecule has 0 saturated heterocycles. The summed E-state index contributed by atoms with van der Waals surface area (Å²) in [6.07, 6.45) is 1.31. The lowest BCUT2D eigenvalue weighted by Crippen LogP contribution is -2.46. The van der Waals surface area contributed by atoms with Crippen molar-refractivity contribution in [2.45, 2.75) is 25.8 Å². The fraction of sp³-hybridized carbons (Fsp3) is 0.667. The van der Waals surface area contributed by atoms with Crippen LogP contribution < -0.4 is 11.1 Å². The van der Waals surface area contributed by atoms with Crippen molar-refractivity contribution in [2.75, 3.05) is 7.11 Å². The molecule has 1 rings (SSSR count). The highest BCUT2D eigenvalue weighted by Gasteiger charge is 2.53. The molecule has 1 atom stereocenters. The van der Waals surface area contributed by atoms with Gasteiger partial charge in [-0.15, -0.1) is 0 Å². The number of ether oxygens (including phenoxy) is 1. The number of hydrogen-bond acceptors (Lipinski definition) is 4. The zero-order chi connectivity index (χ0) is 11.6. The summed E-state index contributed by atoms with van der Waals surface area (Å²) in [4.78, 5) is 23.0. The number of rotatable bonds is 4. The van der Waals surface area contributed by atoms with Crippen LogP contribution in [0.25, 0.3) is 0 Å². The Labute approximate surface area is 93.3 Å². The lowest BCUT2D eigenvalue weighted by molar-refractivity contribution is -0.144.